The summed E-state index contributed by atoms with van der Waals surface area (Å²) in [5.74, 6) is 0.197. The molecule has 0 fully saturated rings. The Morgan fingerprint density at radius 3 is 2.68 bits per heavy atom. The van der Waals surface area contributed by atoms with Gasteiger partial charge in [0.15, 0.2) is 6.73 Å². The number of nitrogens with one attached hydrogen (secondary N) is 2. The third-order valence-electron chi connectivity index (χ3n) is 4.03. The minimum atomic E-state index is -0.525. The van der Waals surface area contributed by atoms with Crippen molar-refractivity contribution in [2.24, 2.45) is 0 Å². The molecule has 2 aromatic carbocycles. The van der Waals surface area contributed by atoms with Gasteiger partial charge in [-0.2, -0.15) is 5.26 Å². The SMILES string of the molecule is CC.CC(C)=CNCc1cccc(-c2ccc(C#N)c(F)c2)c1C1=CNCO1. The van der Waals surface area contributed by atoms with Crippen molar-refractivity contribution in [2.75, 3.05) is 6.73 Å². The van der Waals surface area contributed by atoms with Gasteiger partial charge in [0, 0.05) is 18.3 Å². The van der Waals surface area contributed by atoms with Crippen LogP contribution in [-0.2, 0) is 11.3 Å². The molecular weight excluding hydrogens is 353 g/mol. The van der Waals surface area contributed by atoms with Gasteiger partial charge < -0.3 is 15.4 Å². The van der Waals surface area contributed by atoms with Crippen molar-refractivity contribution in [2.45, 2.75) is 34.2 Å². The fraction of sp³-hybridized carbons (Fsp3) is 0.261. The van der Waals surface area contributed by atoms with Gasteiger partial charge in [-0.3, -0.25) is 0 Å². The summed E-state index contributed by atoms with van der Waals surface area (Å²) in [5.41, 5.74) is 4.73. The van der Waals surface area contributed by atoms with E-state index in [2.05, 4.69) is 10.6 Å². The van der Waals surface area contributed by atoms with Crippen LogP contribution in [0, 0.1) is 17.1 Å². The minimum Gasteiger partial charge on any atom is -0.471 e. The number of allylic oxidation sites excluding steroid dienone is 1. The molecule has 1 aliphatic rings. The number of ether oxygens (including phenoxy) is 1. The van der Waals surface area contributed by atoms with Crippen molar-refractivity contribution in [1.82, 2.24) is 10.6 Å². The van der Waals surface area contributed by atoms with E-state index in [9.17, 15) is 4.39 Å². The van der Waals surface area contributed by atoms with Crippen LogP contribution in [0.4, 0.5) is 4.39 Å². The molecule has 3 rings (SSSR count). The molecule has 0 unspecified atom stereocenters. The lowest BCUT2D eigenvalue weighted by atomic mass is 9.93. The summed E-state index contributed by atoms with van der Waals surface area (Å²) in [5, 5.41) is 15.3. The second-order valence-electron chi connectivity index (χ2n) is 6.25. The summed E-state index contributed by atoms with van der Waals surface area (Å²) in [6.07, 6.45) is 3.78. The van der Waals surface area contributed by atoms with Crippen molar-refractivity contribution in [3.63, 3.8) is 0 Å². The third-order valence-corrected chi connectivity index (χ3v) is 4.03. The number of hydrogen-bond donors (Lipinski definition) is 2. The molecule has 5 heteroatoms. The van der Waals surface area contributed by atoms with E-state index in [1.165, 1.54) is 17.7 Å². The highest BCUT2D eigenvalue weighted by molar-refractivity contribution is 5.81. The molecule has 0 radical (unpaired) electrons. The molecule has 0 atom stereocenters. The van der Waals surface area contributed by atoms with E-state index >= 15 is 0 Å². The summed E-state index contributed by atoms with van der Waals surface area (Å²) in [6, 6.07) is 12.4. The van der Waals surface area contributed by atoms with E-state index in [0.717, 1.165) is 22.4 Å². The first-order valence-electron chi connectivity index (χ1n) is 9.35. The zero-order valence-corrected chi connectivity index (χ0v) is 16.8. The highest BCUT2D eigenvalue weighted by atomic mass is 19.1. The topological polar surface area (TPSA) is 57.1 Å². The van der Waals surface area contributed by atoms with Crippen LogP contribution >= 0.6 is 0 Å². The average Bonchev–Trinajstić information content (AvgIpc) is 3.23. The van der Waals surface area contributed by atoms with Gasteiger partial charge in [0.05, 0.1) is 5.56 Å². The maximum Gasteiger partial charge on any atom is 0.158 e. The standard InChI is InChI=1S/C21H20FN3O.C2H6/c1-14(2)10-24-11-17-4-3-5-18(21(17)20-12-25-13-26-20)15-6-7-16(9-23)19(22)8-15;1-2/h3-8,10,12,24-25H,11,13H2,1-2H3;1-2H3. The molecule has 4 nitrogen and oxygen atoms in total. The first kappa shape index (κ1) is 21.0. The van der Waals surface area contributed by atoms with E-state index in [1.54, 1.807) is 6.07 Å². The van der Waals surface area contributed by atoms with Crippen molar-refractivity contribution in [3.8, 4) is 17.2 Å². The number of nitriles is 1. The third kappa shape index (κ3) is 4.92. The van der Waals surface area contributed by atoms with E-state index in [1.807, 2.05) is 64.4 Å². The van der Waals surface area contributed by atoms with Crippen LogP contribution in [0.3, 0.4) is 0 Å². The van der Waals surface area contributed by atoms with Crippen LogP contribution in [0.1, 0.15) is 44.4 Å². The molecule has 0 amide bonds. The first-order chi connectivity index (χ1) is 13.6. The molecule has 146 valence electrons. The molecule has 0 spiro atoms. The zero-order chi connectivity index (χ0) is 20.5. The molecule has 0 saturated heterocycles. The molecule has 1 aliphatic heterocycles. The summed E-state index contributed by atoms with van der Waals surface area (Å²) >= 11 is 0. The maximum absolute atomic E-state index is 14.1. The van der Waals surface area contributed by atoms with Crippen LogP contribution in [0.25, 0.3) is 16.9 Å². The Balaban J connectivity index is 0.00000136. The molecular formula is C23H26FN3O. The second kappa shape index (κ2) is 10.2. The van der Waals surface area contributed by atoms with E-state index in [0.29, 0.717) is 18.8 Å². The zero-order valence-electron chi connectivity index (χ0n) is 16.8. The molecule has 0 aliphatic carbocycles. The van der Waals surface area contributed by atoms with Gasteiger partial charge >= 0.3 is 0 Å². The van der Waals surface area contributed by atoms with E-state index < -0.39 is 5.82 Å². The minimum absolute atomic E-state index is 0.0367. The van der Waals surface area contributed by atoms with Crippen molar-refractivity contribution in [1.29, 1.82) is 5.26 Å². The monoisotopic (exact) mass is 379 g/mol. The van der Waals surface area contributed by atoms with Crippen molar-refractivity contribution < 1.29 is 9.13 Å². The van der Waals surface area contributed by atoms with Gasteiger partial charge in [-0.1, -0.05) is 43.7 Å². The van der Waals surface area contributed by atoms with Crippen LogP contribution in [0.5, 0.6) is 0 Å². The van der Waals surface area contributed by atoms with Crippen LogP contribution in [-0.4, -0.2) is 6.73 Å². The lowest BCUT2D eigenvalue weighted by Gasteiger charge is -2.16. The Morgan fingerprint density at radius 2 is 2.07 bits per heavy atom. The van der Waals surface area contributed by atoms with Crippen molar-refractivity contribution >= 4 is 5.76 Å². The Hall–Kier alpha value is -3.26. The predicted octanol–water partition coefficient (Wildman–Crippen LogP) is 5.28. The fourth-order valence-electron chi connectivity index (χ4n) is 2.86. The van der Waals surface area contributed by atoms with E-state index in [4.69, 9.17) is 10.00 Å². The number of hydrogen-bond acceptors (Lipinski definition) is 4. The molecule has 2 N–H and O–H groups in total. The Kier molecular flexibility index (Phi) is 7.65. The summed E-state index contributed by atoms with van der Waals surface area (Å²) in [4.78, 5) is 0. The van der Waals surface area contributed by atoms with Gasteiger partial charge in [-0.15, -0.1) is 0 Å². The number of halogens is 1. The highest BCUT2D eigenvalue weighted by Gasteiger charge is 2.18. The maximum atomic E-state index is 14.1. The van der Waals surface area contributed by atoms with Crippen LogP contribution < -0.4 is 10.6 Å². The van der Waals surface area contributed by atoms with Crippen LogP contribution in [0.15, 0.2) is 54.4 Å². The average molecular weight is 379 g/mol. The molecule has 0 aromatic heterocycles. The Bertz CT molecular complexity index is 922. The van der Waals surface area contributed by atoms with Gasteiger partial charge in [0.25, 0.3) is 0 Å². The number of rotatable bonds is 5. The van der Waals surface area contributed by atoms with E-state index in [-0.39, 0.29) is 5.56 Å². The smallest absolute Gasteiger partial charge is 0.158 e. The second-order valence-corrected chi connectivity index (χ2v) is 6.25. The lowest BCUT2D eigenvalue weighted by Crippen LogP contribution is -2.09. The van der Waals surface area contributed by atoms with Gasteiger partial charge in [0.2, 0.25) is 0 Å². The summed E-state index contributed by atoms with van der Waals surface area (Å²) in [6.45, 7) is 9.08. The summed E-state index contributed by atoms with van der Waals surface area (Å²) in [7, 11) is 0. The molecule has 0 saturated carbocycles. The van der Waals surface area contributed by atoms with Gasteiger partial charge in [-0.25, -0.2) is 4.39 Å². The summed E-state index contributed by atoms with van der Waals surface area (Å²) < 4.78 is 19.8. The number of nitrogens with zero attached hydrogens (tertiary/aromatic N) is 1. The lowest BCUT2D eigenvalue weighted by molar-refractivity contribution is 0.291. The quantitative estimate of drug-likeness (QED) is 0.742. The highest BCUT2D eigenvalue weighted by Crippen LogP contribution is 2.34. The van der Waals surface area contributed by atoms with Crippen molar-refractivity contribution in [3.05, 3.63) is 76.9 Å². The molecule has 1 heterocycles. The van der Waals surface area contributed by atoms with Crippen LogP contribution in [0.2, 0.25) is 0 Å². The normalized spacial score (nSPS) is 11.8. The predicted molar refractivity (Wildman–Crippen MR) is 111 cm³/mol. The Labute approximate surface area is 166 Å². The molecule has 2 aromatic rings. The first-order valence-corrected chi connectivity index (χ1v) is 9.35. The molecule has 28 heavy (non-hydrogen) atoms. The number of benzene rings is 2. The largest absolute Gasteiger partial charge is 0.471 e. The fourth-order valence-corrected chi connectivity index (χ4v) is 2.86. The van der Waals surface area contributed by atoms with Gasteiger partial charge in [0.1, 0.15) is 17.6 Å². The molecule has 0 bridgehead atoms. The Morgan fingerprint density at radius 1 is 1.29 bits per heavy atom. The van der Waals surface area contributed by atoms with Gasteiger partial charge in [-0.05, 0) is 48.9 Å².